The molecule has 1 aromatic carbocycles. The van der Waals surface area contributed by atoms with Gasteiger partial charge in [0.1, 0.15) is 5.82 Å². The number of hydrogen-bond donors (Lipinski definition) is 2. The summed E-state index contributed by atoms with van der Waals surface area (Å²) in [6.45, 7) is 0. The molecule has 0 atom stereocenters. The van der Waals surface area contributed by atoms with Crippen LogP contribution in [0.4, 0.5) is 17.2 Å². The van der Waals surface area contributed by atoms with Gasteiger partial charge in [-0.25, -0.2) is 4.98 Å². The summed E-state index contributed by atoms with van der Waals surface area (Å²) in [5.41, 5.74) is 1.57. The molecule has 1 heterocycles. The average molecular weight is 268 g/mol. The van der Waals surface area contributed by atoms with Crippen molar-refractivity contribution in [3.63, 3.8) is 0 Å². The fraction of sp³-hybridized carbons (Fsp3) is 0.0833. The Balaban J connectivity index is 2.31. The van der Waals surface area contributed by atoms with Crippen LogP contribution in [-0.2, 0) is 0 Å². The number of pyridine rings is 1. The van der Waals surface area contributed by atoms with Crippen LogP contribution in [0.3, 0.4) is 0 Å². The molecule has 0 aliphatic rings. The zero-order valence-corrected chi connectivity index (χ0v) is 10.7. The van der Waals surface area contributed by atoms with Crippen molar-refractivity contribution in [1.82, 2.24) is 4.98 Å². The van der Waals surface area contributed by atoms with E-state index in [4.69, 9.17) is 23.2 Å². The first-order valence-electron chi connectivity index (χ1n) is 5.05. The van der Waals surface area contributed by atoms with E-state index in [9.17, 15) is 0 Å². The van der Waals surface area contributed by atoms with Gasteiger partial charge in [-0.05, 0) is 18.2 Å². The van der Waals surface area contributed by atoms with E-state index >= 15 is 0 Å². The zero-order valence-electron chi connectivity index (χ0n) is 9.17. The van der Waals surface area contributed by atoms with Crippen molar-refractivity contribution in [2.45, 2.75) is 0 Å². The molecule has 0 amide bonds. The second kappa shape index (κ2) is 5.25. The van der Waals surface area contributed by atoms with Crippen LogP contribution in [0.15, 0.2) is 36.5 Å². The number of nitrogens with zero attached hydrogens (tertiary/aromatic N) is 1. The number of hydrogen-bond acceptors (Lipinski definition) is 3. The lowest BCUT2D eigenvalue weighted by atomic mass is 10.3. The van der Waals surface area contributed by atoms with Crippen molar-refractivity contribution < 1.29 is 0 Å². The topological polar surface area (TPSA) is 37.0 Å². The minimum Gasteiger partial charge on any atom is -0.373 e. The molecule has 1 aromatic heterocycles. The van der Waals surface area contributed by atoms with Crippen LogP contribution in [0.25, 0.3) is 0 Å². The fourth-order valence-corrected chi connectivity index (χ4v) is 1.90. The molecule has 0 bridgehead atoms. The summed E-state index contributed by atoms with van der Waals surface area (Å²) in [7, 11) is 1.81. The molecule has 0 unspecified atom stereocenters. The molecular formula is C12H11Cl2N3. The molecule has 0 spiro atoms. The molecule has 0 saturated carbocycles. The molecule has 88 valence electrons. The zero-order chi connectivity index (χ0) is 12.3. The van der Waals surface area contributed by atoms with Gasteiger partial charge in [0, 0.05) is 25.0 Å². The van der Waals surface area contributed by atoms with Crippen molar-refractivity contribution >= 4 is 40.4 Å². The molecule has 0 aliphatic carbocycles. The Hall–Kier alpha value is -1.45. The van der Waals surface area contributed by atoms with Crippen LogP contribution in [0.1, 0.15) is 0 Å². The summed E-state index contributed by atoms with van der Waals surface area (Å²) in [6, 6.07) is 9.10. The van der Waals surface area contributed by atoms with E-state index in [1.165, 1.54) is 0 Å². The van der Waals surface area contributed by atoms with Crippen molar-refractivity contribution in [3.05, 3.63) is 46.6 Å². The van der Waals surface area contributed by atoms with Crippen molar-refractivity contribution in [1.29, 1.82) is 0 Å². The summed E-state index contributed by atoms with van der Waals surface area (Å²) in [4.78, 5) is 4.13. The Morgan fingerprint density at radius 3 is 2.47 bits per heavy atom. The maximum atomic E-state index is 6.07. The predicted molar refractivity (Wildman–Crippen MR) is 73.5 cm³/mol. The standard InChI is InChI=1S/C12H11Cl2N3/c1-15-11-7-8(5-6-16-11)17-12-9(13)3-2-4-10(12)14/h2-7H,1H3,(H2,15,16,17). The lowest BCUT2D eigenvalue weighted by molar-refractivity contribution is 1.28. The van der Waals surface area contributed by atoms with E-state index < -0.39 is 0 Å². The monoisotopic (exact) mass is 267 g/mol. The molecule has 17 heavy (non-hydrogen) atoms. The minimum absolute atomic E-state index is 0.584. The van der Waals surface area contributed by atoms with Gasteiger partial charge in [0.05, 0.1) is 15.7 Å². The van der Waals surface area contributed by atoms with Gasteiger partial charge in [-0.3, -0.25) is 0 Å². The highest BCUT2D eigenvalue weighted by Gasteiger charge is 2.05. The van der Waals surface area contributed by atoms with Crippen molar-refractivity contribution in [3.8, 4) is 0 Å². The number of nitrogens with one attached hydrogen (secondary N) is 2. The van der Waals surface area contributed by atoms with Crippen molar-refractivity contribution in [2.75, 3.05) is 17.7 Å². The molecule has 0 fully saturated rings. The molecule has 5 heteroatoms. The summed E-state index contributed by atoms with van der Waals surface area (Å²) < 4.78 is 0. The smallest absolute Gasteiger partial charge is 0.127 e. The third kappa shape index (κ3) is 2.81. The first-order valence-corrected chi connectivity index (χ1v) is 5.81. The predicted octanol–water partition coefficient (Wildman–Crippen LogP) is 4.17. The Labute approximate surface area is 110 Å². The summed E-state index contributed by atoms with van der Waals surface area (Å²) in [5, 5.41) is 7.30. The number of aromatic nitrogens is 1. The summed E-state index contributed by atoms with van der Waals surface area (Å²) in [5.74, 6) is 0.776. The van der Waals surface area contributed by atoms with E-state index in [-0.39, 0.29) is 0 Å². The van der Waals surface area contributed by atoms with Gasteiger partial charge < -0.3 is 10.6 Å². The van der Waals surface area contributed by atoms with Crippen molar-refractivity contribution in [2.24, 2.45) is 0 Å². The summed E-state index contributed by atoms with van der Waals surface area (Å²) >= 11 is 12.1. The van der Waals surface area contributed by atoms with E-state index in [1.807, 2.05) is 19.2 Å². The van der Waals surface area contributed by atoms with Crippen LogP contribution in [0, 0.1) is 0 Å². The highest BCUT2D eigenvalue weighted by atomic mass is 35.5. The molecule has 0 aliphatic heterocycles. The third-order valence-corrected chi connectivity index (χ3v) is 2.88. The van der Waals surface area contributed by atoms with E-state index in [0.29, 0.717) is 15.7 Å². The van der Waals surface area contributed by atoms with Gasteiger partial charge in [-0.15, -0.1) is 0 Å². The van der Waals surface area contributed by atoms with Crippen LogP contribution in [-0.4, -0.2) is 12.0 Å². The summed E-state index contributed by atoms with van der Waals surface area (Å²) in [6.07, 6.45) is 1.71. The molecule has 0 saturated heterocycles. The lowest BCUT2D eigenvalue weighted by Crippen LogP contribution is -1.96. The van der Waals surface area contributed by atoms with E-state index in [0.717, 1.165) is 11.5 Å². The Morgan fingerprint density at radius 2 is 1.82 bits per heavy atom. The van der Waals surface area contributed by atoms with Gasteiger partial charge in [0.25, 0.3) is 0 Å². The molecule has 3 nitrogen and oxygen atoms in total. The number of benzene rings is 1. The molecule has 2 N–H and O–H groups in total. The van der Waals surface area contributed by atoms with E-state index in [2.05, 4.69) is 15.6 Å². The first-order chi connectivity index (χ1) is 8.20. The molecule has 2 aromatic rings. The number of para-hydroxylation sites is 1. The maximum absolute atomic E-state index is 6.07. The van der Waals surface area contributed by atoms with Crippen LogP contribution in [0.2, 0.25) is 10.0 Å². The largest absolute Gasteiger partial charge is 0.373 e. The molecular weight excluding hydrogens is 257 g/mol. The first kappa shape index (κ1) is 12.0. The number of halogens is 2. The molecule has 2 rings (SSSR count). The van der Waals surface area contributed by atoms with Crippen LogP contribution < -0.4 is 10.6 Å². The molecule has 0 radical (unpaired) electrons. The Bertz CT molecular complexity index is 509. The Kier molecular flexibility index (Phi) is 3.71. The van der Waals surface area contributed by atoms with E-state index in [1.54, 1.807) is 24.4 Å². The number of rotatable bonds is 3. The highest BCUT2D eigenvalue weighted by molar-refractivity contribution is 6.39. The van der Waals surface area contributed by atoms with Crippen LogP contribution in [0.5, 0.6) is 0 Å². The maximum Gasteiger partial charge on any atom is 0.127 e. The quantitative estimate of drug-likeness (QED) is 0.877. The van der Waals surface area contributed by atoms with Crippen LogP contribution >= 0.6 is 23.2 Å². The van der Waals surface area contributed by atoms with Gasteiger partial charge in [0.15, 0.2) is 0 Å². The second-order valence-corrected chi connectivity index (χ2v) is 4.22. The normalized spacial score (nSPS) is 10.1. The van der Waals surface area contributed by atoms with Gasteiger partial charge in [0.2, 0.25) is 0 Å². The van der Waals surface area contributed by atoms with Gasteiger partial charge in [-0.1, -0.05) is 29.3 Å². The second-order valence-electron chi connectivity index (χ2n) is 3.40. The highest BCUT2D eigenvalue weighted by Crippen LogP contribution is 2.32. The fourth-order valence-electron chi connectivity index (χ4n) is 1.41. The van der Waals surface area contributed by atoms with Gasteiger partial charge in [-0.2, -0.15) is 0 Å². The SMILES string of the molecule is CNc1cc(Nc2c(Cl)cccc2Cl)ccn1. The Morgan fingerprint density at radius 1 is 1.12 bits per heavy atom. The minimum atomic E-state index is 0.584. The third-order valence-electron chi connectivity index (χ3n) is 2.25. The van der Waals surface area contributed by atoms with Gasteiger partial charge >= 0.3 is 0 Å². The number of anilines is 3. The average Bonchev–Trinajstić information content (AvgIpc) is 2.34. The lowest BCUT2D eigenvalue weighted by Gasteiger charge is -2.10.